The minimum atomic E-state index is 0.812. The van der Waals surface area contributed by atoms with Gasteiger partial charge in [-0.05, 0) is 59.5 Å². The quantitative estimate of drug-likeness (QED) is 0.424. The molecule has 0 aliphatic heterocycles. The summed E-state index contributed by atoms with van der Waals surface area (Å²) >= 11 is 5.65. The zero-order valence-electron chi connectivity index (χ0n) is 10.6. The molecule has 0 radical (unpaired) electrons. The second kappa shape index (κ2) is 10.7. The van der Waals surface area contributed by atoms with E-state index >= 15 is 0 Å². The molecule has 0 spiro atoms. The molecule has 0 saturated heterocycles. The molecule has 0 unspecified atom stereocenters. The van der Waals surface area contributed by atoms with Gasteiger partial charge in [0.15, 0.2) is 0 Å². The second-order valence-electron chi connectivity index (χ2n) is 4.34. The van der Waals surface area contributed by atoms with Crippen LogP contribution in [0.15, 0.2) is 0 Å². The molecule has 0 heterocycles. The predicted molar refractivity (Wildman–Crippen MR) is 69.9 cm³/mol. The van der Waals surface area contributed by atoms with Crippen molar-refractivity contribution < 1.29 is 0 Å². The average Bonchev–Trinajstić information content (AvgIpc) is 2.21. The first-order valence-electron chi connectivity index (χ1n) is 6.13. The Morgan fingerprint density at radius 3 is 2.07 bits per heavy atom. The summed E-state index contributed by atoms with van der Waals surface area (Å²) in [6, 6.07) is 0. The van der Waals surface area contributed by atoms with Crippen LogP contribution in [0.4, 0.5) is 0 Å². The first-order chi connectivity index (χ1) is 7.20. The van der Waals surface area contributed by atoms with E-state index in [4.69, 9.17) is 11.6 Å². The zero-order chi connectivity index (χ0) is 11.5. The Hall–Kier alpha value is 0.210. The molecule has 0 saturated carbocycles. The molecule has 0 amide bonds. The Labute approximate surface area is 101 Å². The minimum absolute atomic E-state index is 0.812. The van der Waals surface area contributed by atoms with E-state index in [9.17, 15) is 0 Å². The number of hydrogen-bond acceptors (Lipinski definition) is 2. The highest BCUT2D eigenvalue weighted by molar-refractivity contribution is 6.17. The number of unbranched alkanes of at least 4 members (excludes halogenated alkanes) is 2. The van der Waals surface area contributed by atoms with Crippen molar-refractivity contribution >= 4 is 11.6 Å². The molecule has 0 aromatic carbocycles. The molecule has 2 nitrogen and oxygen atoms in total. The lowest BCUT2D eigenvalue weighted by atomic mass is 10.2. The minimum Gasteiger partial charge on any atom is -0.309 e. The fourth-order valence-electron chi connectivity index (χ4n) is 1.65. The van der Waals surface area contributed by atoms with Crippen molar-refractivity contribution in [2.75, 3.05) is 46.2 Å². The largest absolute Gasteiger partial charge is 0.309 e. The Morgan fingerprint density at radius 1 is 0.867 bits per heavy atom. The van der Waals surface area contributed by atoms with E-state index in [-0.39, 0.29) is 0 Å². The summed E-state index contributed by atoms with van der Waals surface area (Å²) < 4.78 is 0. The van der Waals surface area contributed by atoms with Gasteiger partial charge in [-0.1, -0.05) is 13.3 Å². The third-order valence-electron chi connectivity index (χ3n) is 2.63. The summed E-state index contributed by atoms with van der Waals surface area (Å²) in [6.45, 7) is 7.08. The van der Waals surface area contributed by atoms with E-state index in [1.54, 1.807) is 0 Å². The Balaban J connectivity index is 3.38. The molecule has 0 rings (SSSR count). The lowest BCUT2D eigenvalue weighted by Gasteiger charge is -2.21. The van der Waals surface area contributed by atoms with Crippen LogP contribution < -0.4 is 0 Å². The van der Waals surface area contributed by atoms with Gasteiger partial charge in [0.05, 0.1) is 0 Å². The number of rotatable bonds is 10. The highest BCUT2D eigenvalue weighted by atomic mass is 35.5. The molecule has 15 heavy (non-hydrogen) atoms. The number of alkyl halides is 1. The maximum absolute atomic E-state index is 5.65. The van der Waals surface area contributed by atoms with E-state index in [2.05, 4.69) is 30.8 Å². The molecule has 0 aliphatic carbocycles. The van der Waals surface area contributed by atoms with Gasteiger partial charge in [-0.15, -0.1) is 11.6 Å². The summed E-state index contributed by atoms with van der Waals surface area (Å²) in [5, 5.41) is 0. The van der Waals surface area contributed by atoms with Crippen LogP contribution in [-0.4, -0.2) is 56.0 Å². The Bertz CT molecular complexity index is 129. The molecule has 0 bridgehead atoms. The fourth-order valence-corrected chi connectivity index (χ4v) is 1.83. The first kappa shape index (κ1) is 15.2. The van der Waals surface area contributed by atoms with Gasteiger partial charge < -0.3 is 9.80 Å². The van der Waals surface area contributed by atoms with Crippen molar-refractivity contribution in [3.05, 3.63) is 0 Å². The Kier molecular flexibility index (Phi) is 10.9. The monoisotopic (exact) mass is 234 g/mol. The molecular weight excluding hydrogens is 208 g/mol. The van der Waals surface area contributed by atoms with Gasteiger partial charge in [0.1, 0.15) is 0 Å². The molecule has 0 N–H and O–H groups in total. The molecule has 0 fully saturated rings. The summed E-state index contributed by atoms with van der Waals surface area (Å²) in [7, 11) is 4.27. The predicted octanol–water partition coefficient (Wildman–Crippen LogP) is 2.67. The van der Waals surface area contributed by atoms with Crippen LogP contribution in [0, 0.1) is 0 Å². The van der Waals surface area contributed by atoms with Crippen molar-refractivity contribution in [2.24, 2.45) is 0 Å². The number of hydrogen-bond donors (Lipinski definition) is 0. The van der Waals surface area contributed by atoms with E-state index in [0.717, 1.165) is 12.3 Å². The number of nitrogens with zero attached hydrogens (tertiary/aromatic N) is 2. The Morgan fingerprint density at radius 2 is 1.53 bits per heavy atom. The van der Waals surface area contributed by atoms with Gasteiger partial charge in [-0.25, -0.2) is 0 Å². The average molecular weight is 235 g/mol. The maximum atomic E-state index is 5.65. The standard InChI is InChI=1S/C12H27ClN2/c1-4-15(11-7-5-6-9-13)12-8-10-14(2)3/h4-12H2,1-3H3. The lowest BCUT2D eigenvalue weighted by Crippen LogP contribution is -2.28. The SMILES string of the molecule is CCN(CCCCCCl)CCCN(C)C. The molecule has 0 aromatic rings. The van der Waals surface area contributed by atoms with Crippen LogP contribution >= 0.6 is 11.6 Å². The van der Waals surface area contributed by atoms with Gasteiger partial charge in [-0.2, -0.15) is 0 Å². The molecular formula is C12H27ClN2. The van der Waals surface area contributed by atoms with Crippen LogP contribution in [0.3, 0.4) is 0 Å². The summed E-state index contributed by atoms with van der Waals surface area (Å²) in [5.74, 6) is 0.812. The van der Waals surface area contributed by atoms with Gasteiger partial charge >= 0.3 is 0 Å². The molecule has 0 aromatic heterocycles. The van der Waals surface area contributed by atoms with Crippen molar-refractivity contribution in [3.8, 4) is 0 Å². The van der Waals surface area contributed by atoms with Gasteiger partial charge in [0, 0.05) is 5.88 Å². The zero-order valence-corrected chi connectivity index (χ0v) is 11.4. The van der Waals surface area contributed by atoms with Crippen molar-refractivity contribution in [1.82, 2.24) is 9.80 Å². The summed E-state index contributed by atoms with van der Waals surface area (Å²) in [5.41, 5.74) is 0. The van der Waals surface area contributed by atoms with Crippen LogP contribution in [-0.2, 0) is 0 Å². The topological polar surface area (TPSA) is 6.48 Å². The molecule has 0 atom stereocenters. The van der Waals surface area contributed by atoms with Crippen molar-refractivity contribution in [2.45, 2.75) is 32.6 Å². The second-order valence-corrected chi connectivity index (χ2v) is 4.72. The fraction of sp³-hybridized carbons (Fsp3) is 1.00. The maximum Gasteiger partial charge on any atom is 0.0223 e. The molecule has 92 valence electrons. The van der Waals surface area contributed by atoms with Gasteiger partial charge in [0.25, 0.3) is 0 Å². The van der Waals surface area contributed by atoms with E-state index in [1.807, 2.05) is 0 Å². The van der Waals surface area contributed by atoms with Crippen LogP contribution in [0.1, 0.15) is 32.6 Å². The van der Waals surface area contributed by atoms with Gasteiger partial charge in [-0.3, -0.25) is 0 Å². The van der Waals surface area contributed by atoms with E-state index < -0.39 is 0 Å². The third kappa shape index (κ3) is 10.5. The van der Waals surface area contributed by atoms with Crippen molar-refractivity contribution in [1.29, 1.82) is 0 Å². The van der Waals surface area contributed by atoms with Crippen LogP contribution in [0.2, 0.25) is 0 Å². The number of halogens is 1. The smallest absolute Gasteiger partial charge is 0.0223 e. The van der Waals surface area contributed by atoms with Gasteiger partial charge in [0.2, 0.25) is 0 Å². The summed E-state index contributed by atoms with van der Waals surface area (Å²) in [6.07, 6.45) is 5.00. The highest BCUT2D eigenvalue weighted by Gasteiger charge is 2.01. The lowest BCUT2D eigenvalue weighted by molar-refractivity contribution is 0.261. The summed E-state index contributed by atoms with van der Waals surface area (Å²) in [4.78, 5) is 4.79. The van der Waals surface area contributed by atoms with Crippen LogP contribution in [0.25, 0.3) is 0 Å². The normalized spacial score (nSPS) is 11.6. The van der Waals surface area contributed by atoms with E-state index in [0.29, 0.717) is 0 Å². The molecule has 0 aliphatic rings. The van der Waals surface area contributed by atoms with Crippen molar-refractivity contribution in [3.63, 3.8) is 0 Å². The third-order valence-corrected chi connectivity index (χ3v) is 2.90. The van der Waals surface area contributed by atoms with E-state index in [1.165, 1.54) is 45.4 Å². The first-order valence-corrected chi connectivity index (χ1v) is 6.67. The van der Waals surface area contributed by atoms with Crippen LogP contribution in [0.5, 0.6) is 0 Å². The highest BCUT2D eigenvalue weighted by Crippen LogP contribution is 2.01. The molecule has 3 heteroatoms.